The molecule has 5 nitrogen and oxygen atoms in total. The predicted molar refractivity (Wildman–Crippen MR) is 223 cm³/mol. The number of hydrogen-bond acceptors (Lipinski definition) is 4. The number of pyridine rings is 1. The van der Waals surface area contributed by atoms with Gasteiger partial charge in [-0.25, -0.2) is 4.98 Å². The maximum absolute atomic E-state index is 6.94. The van der Waals surface area contributed by atoms with Crippen molar-refractivity contribution >= 4 is 27.8 Å². The SMILES string of the molecule is Cc1cc2c([c-]c1Oc1[c-]c(C3=N[C@H](c4ccccc4)[C@@H]4c5ccccc5CN34)cc(C(C)C)c1)-n1c3ncccc3c3cc(C(C)(C)C)cc(c31)C2(C)C.[Pt+2]. The van der Waals surface area contributed by atoms with Crippen LogP contribution < -0.4 is 4.74 Å². The Kier molecular flexibility index (Phi) is 8.52. The van der Waals surface area contributed by atoms with Crippen molar-refractivity contribution in [1.82, 2.24) is 14.5 Å². The standard InChI is InChI=1S/C50H46N4O.Pt/c1-29(2)33-22-34(47-52-44(31-15-10-9-11-16-31)46-37-18-13-12-17-32(37)28-53(46)47)24-36(23-33)55-43-27-42-40(21-30(43)3)50(7,8)41-26-35(49(4,5)6)25-39-38-19-14-20-51-48(38)54(42)45(39)41;/h9-23,25-26,29,44,46H,28H2,1-8H3;/q-2;+2/t44-,46+;/m1./s1. The molecule has 0 N–H and O–H groups in total. The molecule has 2 aromatic heterocycles. The molecule has 0 saturated carbocycles. The number of rotatable bonds is 5. The summed E-state index contributed by atoms with van der Waals surface area (Å²) in [6.45, 7) is 19.0. The Morgan fingerprint density at radius 3 is 2.39 bits per heavy atom. The van der Waals surface area contributed by atoms with Crippen LogP contribution in [0.5, 0.6) is 11.5 Å². The van der Waals surface area contributed by atoms with Crippen LogP contribution in [0.4, 0.5) is 0 Å². The summed E-state index contributed by atoms with van der Waals surface area (Å²) in [5.41, 5.74) is 13.8. The van der Waals surface area contributed by atoms with Gasteiger partial charge in [0.1, 0.15) is 5.65 Å². The Labute approximate surface area is 344 Å². The van der Waals surface area contributed by atoms with Crippen molar-refractivity contribution in [3.8, 4) is 17.2 Å². The monoisotopic (exact) mass is 913 g/mol. The molecule has 2 atom stereocenters. The molecular weight excluding hydrogens is 868 g/mol. The average molecular weight is 914 g/mol. The van der Waals surface area contributed by atoms with Crippen LogP contribution in [0.1, 0.15) is 117 Å². The molecule has 56 heavy (non-hydrogen) atoms. The van der Waals surface area contributed by atoms with E-state index >= 15 is 0 Å². The third-order valence-corrected chi connectivity index (χ3v) is 12.3. The van der Waals surface area contributed by atoms with Crippen molar-refractivity contribution in [3.05, 3.63) is 165 Å². The Morgan fingerprint density at radius 2 is 1.62 bits per heavy atom. The smallest absolute Gasteiger partial charge is 0.503 e. The van der Waals surface area contributed by atoms with Crippen molar-refractivity contribution in [2.75, 3.05) is 0 Å². The van der Waals surface area contributed by atoms with E-state index in [1.165, 1.54) is 49.8 Å². The van der Waals surface area contributed by atoms with Gasteiger partial charge in [-0.05, 0) is 62.8 Å². The van der Waals surface area contributed by atoms with E-state index in [0.29, 0.717) is 11.5 Å². The first-order valence-electron chi connectivity index (χ1n) is 19.6. The van der Waals surface area contributed by atoms with Crippen LogP contribution in [-0.2, 0) is 38.4 Å². The molecule has 3 aliphatic rings. The van der Waals surface area contributed by atoms with Crippen LogP contribution in [0.25, 0.3) is 27.6 Å². The van der Waals surface area contributed by atoms with Crippen LogP contribution in [0, 0.1) is 19.1 Å². The van der Waals surface area contributed by atoms with Gasteiger partial charge in [0.05, 0.1) is 17.6 Å². The van der Waals surface area contributed by atoms with Crippen molar-refractivity contribution in [3.63, 3.8) is 0 Å². The fraction of sp³-hybridized carbons (Fsp3) is 0.280. The van der Waals surface area contributed by atoms with Gasteiger partial charge in [0, 0.05) is 40.8 Å². The van der Waals surface area contributed by atoms with E-state index in [-0.39, 0.29) is 49.9 Å². The molecule has 0 aliphatic carbocycles. The average Bonchev–Trinajstić information content (AvgIpc) is 3.84. The Balaban J connectivity index is 0.00000410. The third kappa shape index (κ3) is 5.52. The van der Waals surface area contributed by atoms with Gasteiger partial charge in [0.25, 0.3) is 0 Å². The summed E-state index contributed by atoms with van der Waals surface area (Å²) in [7, 11) is 0. The summed E-state index contributed by atoms with van der Waals surface area (Å²) in [6.07, 6.45) is 1.89. The topological polar surface area (TPSA) is 42.6 Å². The number of amidine groups is 1. The number of aromatic nitrogens is 2. The zero-order chi connectivity index (χ0) is 38.0. The number of aliphatic imine (C=N–C) groups is 1. The van der Waals surface area contributed by atoms with E-state index < -0.39 is 0 Å². The molecule has 5 aromatic carbocycles. The van der Waals surface area contributed by atoms with Crippen LogP contribution >= 0.6 is 0 Å². The zero-order valence-corrected chi connectivity index (χ0v) is 35.5. The molecule has 0 bridgehead atoms. The van der Waals surface area contributed by atoms with Gasteiger partial charge in [0.15, 0.2) is 0 Å². The number of hydrogen-bond donors (Lipinski definition) is 0. The van der Waals surface area contributed by atoms with E-state index in [1.54, 1.807) is 0 Å². The van der Waals surface area contributed by atoms with E-state index in [1.807, 2.05) is 12.3 Å². The molecule has 0 radical (unpaired) electrons. The predicted octanol–water partition coefficient (Wildman–Crippen LogP) is 12.0. The minimum absolute atomic E-state index is 0. The van der Waals surface area contributed by atoms with Gasteiger partial charge in [-0.1, -0.05) is 134 Å². The molecule has 5 heterocycles. The van der Waals surface area contributed by atoms with Crippen molar-refractivity contribution in [2.45, 2.75) is 90.8 Å². The van der Waals surface area contributed by atoms with Gasteiger partial charge >= 0.3 is 21.1 Å². The van der Waals surface area contributed by atoms with E-state index in [4.69, 9.17) is 14.7 Å². The van der Waals surface area contributed by atoms with Crippen LogP contribution in [-0.4, -0.2) is 20.3 Å². The van der Waals surface area contributed by atoms with Crippen LogP contribution in [0.2, 0.25) is 0 Å². The molecule has 0 spiro atoms. The molecule has 10 rings (SSSR count). The van der Waals surface area contributed by atoms with Gasteiger partial charge in [-0.3, -0.25) is 0 Å². The number of aryl methyl sites for hydroxylation is 1. The second kappa shape index (κ2) is 13.0. The summed E-state index contributed by atoms with van der Waals surface area (Å²) in [5.74, 6) is 2.61. The summed E-state index contributed by atoms with van der Waals surface area (Å²) in [4.78, 5) is 12.9. The Morgan fingerprint density at radius 1 is 0.857 bits per heavy atom. The van der Waals surface area contributed by atoms with Gasteiger partial charge in [-0.2, -0.15) is 6.07 Å². The third-order valence-electron chi connectivity index (χ3n) is 12.3. The molecule has 0 saturated heterocycles. The fourth-order valence-electron chi connectivity index (χ4n) is 9.18. The second-order valence-corrected chi connectivity index (χ2v) is 17.6. The summed E-state index contributed by atoms with van der Waals surface area (Å²) in [5, 5.41) is 2.39. The first-order chi connectivity index (χ1) is 26.4. The van der Waals surface area contributed by atoms with E-state index in [0.717, 1.165) is 40.2 Å². The molecule has 3 aliphatic heterocycles. The van der Waals surface area contributed by atoms with Gasteiger partial charge in [0.2, 0.25) is 0 Å². The number of fused-ring (bicyclic) bond motifs is 8. The van der Waals surface area contributed by atoms with Crippen molar-refractivity contribution in [1.29, 1.82) is 0 Å². The Bertz CT molecular complexity index is 2730. The molecule has 0 fully saturated rings. The number of ether oxygens (including phenoxy) is 1. The maximum Gasteiger partial charge on any atom is 2.00 e. The molecule has 6 heteroatoms. The number of nitrogens with zero attached hydrogens (tertiary/aromatic N) is 4. The van der Waals surface area contributed by atoms with Crippen molar-refractivity contribution < 1.29 is 25.8 Å². The summed E-state index contributed by atoms with van der Waals surface area (Å²) in [6, 6.07) is 42.9. The largest absolute Gasteiger partial charge is 2.00 e. The van der Waals surface area contributed by atoms with Gasteiger partial charge < -0.3 is 19.2 Å². The zero-order valence-electron chi connectivity index (χ0n) is 33.3. The maximum atomic E-state index is 6.94. The molecule has 282 valence electrons. The summed E-state index contributed by atoms with van der Waals surface area (Å²) >= 11 is 0. The molecule has 0 unspecified atom stereocenters. The van der Waals surface area contributed by atoms with Crippen molar-refractivity contribution in [2.24, 2.45) is 4.99 Å². The Hall–Kier alpha value is -4.99. The first kappa shape index (κ1) is 36.6. The van der Waals surface area contributed by atoms with Gasteiger partial charge in [-0.15, -0.1) is 34.4 Å². The molecular formula is C50H46N4OPt. The fourth-order valence-corrected chi connectivity index (χ4v) is 9.18. The summed E-state index contributed by atoms with van der Waals surface area (Å²) < 4.78 is 9.26. The van der Waals surface area contributed by atoms with E-state index in [2.05, 4.69) is 168 Å². The minimum Gasteiger partial charge on any atom is -0.503 e. The first-order valence-corrected chi connectivity index (χ1v) is 19.6. The molecule has 7 aromatic rings. The second-order valence-electron chi connectivity index (χ2n) is 17.6. The van der Waals surface area contributed by atoms with Crippen LogP contribution in [0.3, 0.4) is 0 Å². The minimum atomic E-state index is -0.268. The normalized spacial score (nSPS) is 17.8. The quantitative estimate of drug-likeness (QED) is 0.162. The number of benzene rings is 5. The molecule has 0 amide bonds. The van der Waals surface area contributed by atoms with E-state index in [9.17, 15) is 0 Å². The van der Waals surface area contributed by atoms with Crippen LogP contribution in [0.15, 0.2) is 108 Å².